The molecule has 0 amide bonds. The van der Waals surface area contributed by atoms with Crippen molar-refractivity contribution in [2.45, 2.75) is 25.3 Å². The first-order chi connectivity index (χ1) is 13.2. The second-order valence-electron chi connectivity index (χ2n) is 6.96. The van der Waals surface area contributed by atoms with Crippen LogP contribution in [0.1, 0.15) is 30.0 Å². The Bertz CT molecular complexity index is 971. The van der Waals surface area contributed by atoms with Crippen molar-refractivity contribution >= 4 is 0 Å². The molecular formula is C21H22N4O2. The number of H-pyrrole nitrogens is 1. The average Bonchev–Trinajstić information content (AvgIpc) is 2.70. The number of phenols is 1. The third-order valence-corrected chi connectivity index (χ3v) is 5.02. The molecule has 1 aliphatic rings. The molecule has 0 saturated carbocycles. The molecule has 6 heteroatoms. The maximum atomic E-state index is 12.2. The number of hydrogen-bond acceptors (Lipinski definition) is 5. The standard InChI is InChI=1S/C21H22N4O2/c26-19-6-2-1-4-17(19)14-25-11-3-5-16(13-25)18-12-20(27)24-21(23-18)15-7-9-22-10-8-15/h1-2,4,6-10,12,16,26H,3,5,11,13-14H2,(H,23,24,27)/t16-/m1/s1. The molecular weight excluding hydrogens is 340 g/mol. The number of nitrogens with one attached hydrogen (secondary N) is 1. The summed E-state index contributed by atoms with van der Waals surface area (Å²) in [5, 5.41) is 10.0. The van der Waals surface area contributed by atoms with Crippen molar-refractivity contribution in [1.29, 1.82) is 0 Å². The largest absolute Gasteiger partial charge is 0.508 e. The number of para-hydroxylation sites is 1. The number of aromatic amines is 1. The fourth-order valence-corrected chi connectivity index (χ4v) is 3.66. The van der Waals surface area contributed by atoms with Crippen LogP contribution < -0.4 is 5.56 Å². The van der Waals surface area contributed by atoms with Gasteiger partial charge in [-0.15, -0.1) is 0 Å². The van der Waals surface area contributed by atoms with E-state index in [4.69, 9.17) is 4.98 Å². The molecule has 1 atom stereocenters. The zero-order valence-corrected chi connectivity index (χ0v) is 15.0. The summed E-state index contributed by atoms with van der Waals surface area (Å²) in [6, 6.07) is 12.7. The molecule has 0 unspecified atom stereocenters. The minimum atomic E-state index is -0.135. The molecule has 6 nitrogen and oxygen atoms in total. The highest BCUT2D eigenvalue weighted by molar-refractivity contribution is 5.53. The van der Waals surface area contributed by atoms with E-state index in [1.54, 1.807) is 24.5 Å². The average molecular weight is 362 g/mol. The summed E-state index contributed by atoms with van der Waals surface area (Å²) in [4.78, 5) is 26.1. The van der Waals surface area contributed by atoms with Gasteiger partial charge in [0, 0.05) is 48.6 Å². The quantitative estimate of drug-likeness (QED) is 0.746. The Kier molecular flexibility index (Phi) is 4.98. The van der Waals surface area contributed by atoms with E-state index in [1.807, 2.05) is 30.3 Å². The van der Waals surface area contributed by atoms with Crippen LogP contribution in [0.15, 0.2) is 59.7 Å². The van der Waals surface area contributed by atoms with E-state index in [1.165, 1.54) is 0 Å². The van der Waals surface area contributed by atoms with E-state index in [9.17, 15) is 9.90 Å². The second kappa shape index (κ2) is 7.72. The lowest BCUT2D eigenvalue weighted by atomic mass is 9.94. The first kappa shape index (κ1) is 17.4. The molecule has 138 valence electrons. The number of hydrogen-bond donors (Lipinski definition) is 2. The van der Waals surface area contributed by atoms with Crippen molar-refractivity contribution in [2.75, 3.05) is 13.1 Å². The highest BCUT2D eigenvalue weighted by atomic mass is 16.3. The smallest absolute Gasteiger partial charge is 0.251 e. The summed E-state index contributed by atoms with van der Waals surface area (Å²) in [7, 11) is 0. The molecule has 1 fully saturated rings. The minimum absolute atomic E-state index is 0.135. The first-order valence-corrected chi connectivity index (χ1v) is 9.20. The molecule has 3 heterocycles. The van der Waals surface area contributed by atoms with Gasteiger partial charge in [-0.25, -0.2) is 4.98 Å². The maximum Gasteiger partial charge on any atom is 0.251 e. The van der Waals surface area contributed by atoms with Crippen molar-refractivity contribution in [3.8, 4) is 17.1 Å². The molecule has 2 N–H and O–H groups in total. The van der Waals surface area contributed by atoms with Crippen LogP contribution in [0.2, 0.25) is 0 Å². The number of phenolic OH excluding ortho intramolecular Hbond substituents is 1. The van der Waals surface area contributed by atoms with E-state index >= 15 is 0 Å². The monoisotopic (exact) mass is 362 g/mol. The second-order valence-corrected chi connectivity index (χ2v) is 6.96. The predicted molar refractivity (Wildman–Crippen MR) is 103 cm³/mol. The normalized spacial score (nSPS) is 17.7. The Morgan fingerprint density at radius 2 is 2.00 bits per heavy atom. The third kappa shape index (κ3) is 4.06. The van der Waals surface area contributed by atoms with Crippen molar-refractivity contribution in [1.82, 2.24) is 19.9 Å². The van der Waals surface area contributed by atoms with Crippen LogP contribution in [-0.2, 0) is 6.54 Å². The van der Waals surface area contributed by atoms with Gasteiger partial charge in [-0.05, 0) is 37.6 Å². The van der Waals surface area contributed by atoms with Gasteiger partial charge in [-0.2, -0.15) is 0 Å². The van der Waals surface area contributed by atoms with E-state index in [2.05, 4.69) is 14.9 Å². The molecule has 27 heavy (non-hydrogen) atoms. The fourth-order valence-electron chi connectivity index (χ4n) is 3.66. The zero-order chi connectivity index (χ0) is 18.6. The van der Waals surface area contributed by atoms with Gasteiger partial charge < -0.3 is 10.1 Å². The van der Waals surface area contributed by atoms with Gasteiger partial charge in [-0.3, -0.25) is 14.7 Å². The number of nitrogens with zero attached hydrogens (tertiary/aromatic N) is 3. The van der Waals surface area contributed by atoms with Crippen LogP contribution in [0, 0.1) is 0 Å². The van der Waals surface area contributed by atoms with Gasteiger partial charge in [0.15, 0.2) is 0 Å². The van der Waals surface area contributed by atoms with Crippen molar-refractivity contribution in [3.05, 3.63) is 76.5 Å². The Morgan fingerprint density at radius 3 is 2.81 bits per heavy atom. The number of aromatic hydroxyl groups is 1. The number of likely N-dealkylation sites (tertiary alicyclic amines) is 1. The van der Waals surface area contributed by atoms with Crippen LogP contribution in [-0.4, -0.2) is 38.0 Å². The van der Waals surface area contributed by atoms with Crippen LogP contribution in [0.25, 0.3) is 11.4 Å². The number of pyridine rings is 1. The highest BCUT2D eigenvalue weighted by Crippen LogP contribution is 2.28. The summed E-state index contributed by atoms with van der Waals surface area (Å²) in [6.45, 7) is 2.50. The molecule has 0 radical (unpaired) electrons. The van der Waals surface area contributed by atoms with E-state index in [0.29, 0.717) is 18.1 Å². The lowest BCUT2D eigenvalue weighted by Gasteiger charge is -2.32. The first-order valence-electron chi connectivity index (χ1n) is 9.20. The number of aromatic nitrogens is 3. The molecule has 0 spiro atoms. The minimum Gasteiger partial charge on any atom is -0.508 e. The van der Waals surface area contributed by atoms with Crippen LogP contribution in [0.3, 0.4) is 0 Å². The van der Waals surface area contributed by atoms with Crippen molar-refractivity contribution < 1.29 is 5.11 Å². The summed E-state index contributed by atoms with van der Waals surface area (Å²) >= 11 is 0. The zero-order valence-electron chi connectivity index (χ0n) is 15.0. The third-order valence-electron chi connectivity index (χ3n) is 5.02. The Morgan fingerprint density at radius 1 is 1.19 bits per heavy atom. The molecule has 2 aromatic heterocycles. The number of rotatable bonds is 4. The molecule has 0 aliphatic carbocycles. The Balaban J connectivity index is 1.55. The molecule has 4 rings (SSSR count). The van der Waals surface area contributed by atoms with Gasteiger partial charge in [0.05, 0.1) is 5.69 Å². The topological polar surface area (TPSA) is 82.1 Å². The van der Waals surface area contributed by atoms with Gasteiger partial charge >= 0.3 is 0 Å². The SMILES string of the molecule is O=c1cc([C@@H]2CCCN(Cc3ccccc3O)C2)nc(-c2ccncc2)[nH]1. The van der Waals surface area contributed by atoms with E-state index in [-0.39, 0.29) is 11.5 Å². The van der Waals surface area contributed by atoms with Crippen LogP contribution in [0.5, 0.6) is 5.75 Å². The lowest BCUT2D eigenvalue weighted by molar-refractivity contribution is 0.196. The van der Waals surface area contributed by atoms with Gasteiger partial charge in [0.1, 0.15) is 11.6 Å². The van der Waals surface area contributed by atoms with Gasteiger partial charge in [0.25, 0.3) is 5.56 Å². The van der Waals surface area contributed by atoms with Gasteiger partial charge in [0.2, 0.25) is 0 Å². The summed E-state index contributed by atoms with van der Waals surface area (Å²) in [6.07, 6.45) is 5.42. The Labute approximate surface area is 157 Å². The lowest BCUT2D eigenvalue weighted by Crippen LogP contribution is -2.34. The van der Waals surface area contributed by atoms with Crippen molar-refractivity contribution in [2.24, 2.45) is 0 Å². The Hall–Kier alpha value is -2.99. The summed E-state index contributed by atoms with van der Waals surface area (Å²) in [5.41, 5.74) is 2.47. The summed E-state index contributed by atoms with van der Waals surface area (Å²) in [5.74, 6) is 1.11. The van der Waals surface area contributed by atoms with Gasteiger partial charge in [-0.1, -0.05) is 18.2 Å². The molecule has 0 bridgehead atoms. The number of piperidine rings is 1. The van der Waals surface area contributed by atoms with E-state index < -0.39 is 0 Å². The molecule has 1 aliphatic heterocycles. The van der Waals surface area contributed by atoms with Crippen LogP contribution in [0.4, 0.5) is 0 Å². The molecule has 1 saturated heterocycles. The fraction of sp³-hybridized carbons (Fsp3) is 0.286. The summed E-state index contributed by atoms with van der Waals surface area (Å²) < 4.78 is 0. The highest BCUT2D eigenvalue weighted by Gasteiger charge is 2.24. The van der Waals surface area contributed by atoms with Crippen LogP contribution >= 0.6 is 0 Å². The molecule has 3 aromatic rings. The van der Waals surface area contributed by atoms with E-state index in [0.717, 1.165) is 42.8 Å². The predicted octanol–water partition coefficient (Wildman–Crippen LogP) is 2.92. The molecule has 1 aromatic carbocycles. The number of benzene rings is 1. The maximum absolute atomic E-state index is 12.2. The van der Waals surface area contributed by atoms with Crippen molar-refractivity contribution in [3.63, 3.8) is 0 Å².